The smallest absolute Gasteiger partial charge is 0.225 e. The molecule has 0 aliphatic heterocycles. The summed E-state index contributed by atoms with van der Waals surface area (Å²) in [5.74, 6) is 2.28. The highest BCUT2D eigenvalue weighted by Crippen LogP contribution is 2.36. The molecular weight excluding hydrogens is 334 g/mol. The highest BCUT2D eigenvalue weighted by molar-refractivity contribution is 5.79. The van der Waals surface area contributed by atoms with E-state index in [1.807, 2.05) is 12.1 Å². The molecule has 1 N–H and O–H groups in total. The maximum atomic E-state index is 12.8. The van der Waals surface area contributed by atoms with Gasteiger partial charge in [-0.05, 0) is 30.5 Å². The fraction of sp³-hybridized carbons (Fsp3) is 0.526. The molecule has 1 saturated carbocycles. The zero-order valence-electron chi connectivity index (χ0n) is 15.5. The molecule has 3 rings (SSSR count). The van der Waals surface area contributed by atoms with Crippen molar-refractivity contribution >= 4 is 5.91 Å². The predicted molar refractivity (Wildman–Crippen MR) is 95.2 cm³/mol. The summed E-state index contributed by atoms with van der Waals surface area (Å²) in [7, 11) is 3.17. The van der Waals surface area contributed by atoms with Crippen LogP contribution in [0.15, 0.2) is 22.7 Å². The zero-order chi connectivity index (χ0) is 18.6. The third-order valence-electron chi connectivity index (χ3n) is 4.85. The van der Waals surface area contributed by atoms with Gasteiger partial charge in [-0.2, -0.15) is 4.98 Å². The fourth-order valence-corrected chi connectivity index (χ4v) is 3.54. The fourth-order valence-electron chi connectivity index (χ4n) is 3.54. The first kappa shape index (κ1) is 18.2. The Hall–Kier alpha value is -2.57. The van der Waals surface area contributed by atoms with E-state index in [4.69, 9.17) is 14.0 Å². The van der Waals surface area contributed by atoms with Crippen LogP contribution in [-0.2, 0) is 16.8 Å². The molecule has 140 valence electrons. The number of hydrogen-bond donors (Lipinski definition) is 1. The minimum atomic E-state index is -0.538. The molecule has 0 unspecified atom stereocenters. The number of carbonyl (C=O) groups excluding carboxylic acids is 1. The van der Waals surface area contributed by atoms with Crippen molar-refractivity contribution in [2.24, 2.45) is 0 Å². The van der Waals surface area contributed by atoms with E-state index in [1.54, 1.807) is 27.2 Å². The summed E-state index contributed by atoms with van der Waals surface area (Å²) in [5, 5.41) is 7.26. The van der Waals surface area contributed by atoms with Gasteiger partial charge >= 0.3 is 0 Å². The summed E-state index contributed by atoms with van der Waals surface area (Å²) < 4.78 is 15.7. The number of aryl methyl sites for hydroxylation is 1. The molecule has 26 heavy (non-hydrogen) atoms. The van der Waals surface area contributed by atoms with Gasteiger partial charge < -0.3 is 19.3 Å². The van der Waals surface area contributed by atoms with E-state index in [-0.39, 0.29) is 12.3 Å². The van der Waals surface area contributed by atoms with Gasteiger partial charge in [0.15, 0.2) is 17.3 Å². The number of hydrogen-bond acceptors (Lipinski definition) is 6. The number of methoxy groups -OCH3 is 2. The Morgan fingerprint density at radius 3 is 2.54 bits per heavy atom. The standard InChI is InChI=1S/C19H25N3O4/c1-13-20-18(22-26-13)19(9-5-4-6-10-19)21-17(23)12-14-7-8-15(24-2)16(11-14)25-3/h7-8,11H,4-6,9-10,12H2,1-3H3,(H,21,23). The van der Waals surface area contributed by atoms with Crippen molar-refractivity contribution in [3.8, 4) is 11.5 Å². The van der Waals surface area contributed by atoms with Gasteiger partial charge in [-0.15, -0.1) is 0 Å². The number of rotatable bonds is 6. The van der Waals surface area contributed by atoms with Crippen LogP contribution in [0.2, 0.25) is 0 Å². The van der Waals surface area contributed by atoms with Crippen molar-refractivity contribution in [2.45, 2.75) is 51.0 Å². The summed E-state index contributed by atoms with van der Waals surface area (Å²) in [5.41, 5.74) is 0.319. The van der Waals surface area contributed by atoms with Crippen molar-refractivity contribution < 1.29 is 18.8 Å². The van der Waals surface area contributed by atoms with Crippen LogP contribution in [0.5, 0.6) is 11.5 Å². The van der Waals surface area contributed by atoms with Crippen molar-refractivity contribution in [2.75, 3.05) is 14.2 Å². The SMILES string of the molecule is COc1ccc(CC(=O)NC2(c3noc(C)n3)CCCCC2)cc1OC. The lowest BCUT2D eigenvalue weighted by atomic mass is 9.80. The van der Waals surface area contributed by atoms with Gasteiger partial charge in [-0.25, -0.2) is 0 Å². The zero-order valence-corrected chi connectivity index (χ0v) is 15.5. The second kappa shape index (κ2) is 7.76. The van der Waals surface area contributed by atoms with Gasteiger partial charge in [0.1, 0.15) is 5.54 Å². The summed E-state index contributed by atoms with van der Waals surface area (Å²) in [6, 6.07) is 5.50. The van der Waals surface area contributed by atoms with Crippen LogP contribution in [0.3, 0.4) is 0 Å². The van der Waals surface area contributed by atoms with Crippen LogP contribution in [0.1, 0.15) is 49.4 Å². The lowest BCUT2D eigenvalue weighted by Crippen LogP contribution is -2.48. The summed E-state index contributed by atoms with van der Waals surface area (Å²) in [4.78, 5) is 17.1. The molecule has 1 amide bonds. The molecule has 7 nitrogen and oxygen atoms in total. The lowest BCUT2D eigenvalue weighted by Gasteiger charge is -2.35. The van der Waals surface area contributed by atoms with E-state index in [1.165, 1.54) is 0 Å². The molecule has 0 saturated heterocycles. The molecule has 1 aliphatic rings. The quantitative estimate of drug-likeness (QED) is 0.853. The molecule has 1 aromatic carbocycles. The number of benzene rings is 1. The molecule has 0 radical (unpaired) electrons. The van der Waals surface area contributed by atoms with Crippen LogP contribution in [-0.4, -0.2) is 30.3 Å². The maximum absolute atomic E-state index is 12.8. The van der Waals surface area contributed by atoms with E-state index < -0.39 is 5.54 Å². The molecule has 1 fully saturated rings. The molecule has 0 bridgehead atoms. The van der Waals surface area contributed by atoms with Gasteiger partial charge in [0.05, 0.1) is 20.6 Å². The molecule has 1 aliphatic carbocycles. The van der Waals surface area contributed by atoms with Crippen LogP contribution >= 0.6 is 0 Å². The Labute approximate surface area is 153 Å². The van der Waals surface area contributed by atoms with Gasteiger partial charge in [0.2, 0.25) is 11.8 Å². The molecule has 7 heteroatoms. The van der Waals surface area contributed by atoms with Crippen LogP contribution in [0.4, 0.5) is 0 Å². The first-order valence-electron chi connectivity index (χ1n) is 8.89. The molecule has 2 aromatic rings. The molecular formula is C19H25N3O4. The van der Waals surface area contributed by atoms with Gasteiger partial charge in [-0.1, -0.05) is 30.5 Å². The normalized spacial score (nSPS) is 16.1. The first-order chi connectivity index (χ1) is 12.6. The van der Waals surface area contributed by atoms with Gasteiger partial charge in [0.25, 0.3) is 0 Å². The van der Waals surface area contributed by atoms with Crippen LogP contribution in [0, 0.1) is 6.92 Å². The van der Waals surface area contributed by atoms with E-state index >= 15 is 0 Å². The third-order valence-corrected chi connectivity index (χ3v) is 4.85. The number of ether oxygens (including phenoxy) is 2. The van der Waals surface area contributed by atoms with E-state index in [0.717, 1.165) is 37.7 Å². The van der Waals surface area contributed by atoms with Crippen molar-refractivity contribution in [3.05, 3.63) is 35.5 Å². The summed E-state index contributed by atoms with van der Waals surface area (Å²) >= 11 is 0. The number of nitrogens with one attached hydrogen (secondary N) is 1. The Bertz CT molecular complexity index is 766. The number of amides is 1. The minimum Gasteiger partial charge on any atom is -0.493 e. The summed E-state index contributed by atoms with van der Waals surface area (Å²) in [6.45, 7) is 1.76. The highest BCUT2D eigenvalue weighted by Gasteiger charge is 2.39. The monoisotopic (exact) mass is 359 g/mol. The average Bonchev–Trinajstić information content (AvgIpc) is 3.09. The Balaban J connectivity index is 1.76. The van der Waals surface area contributed by atoms with Crippen LogP contribution in [0.25, 0.3) is 0 Å². The second-order valence-electron chi connectivity index (χ2n) is 6.69. The Morgan fingerprint density at radius 1 is 1.19 bits per heavy atom. The van der Waals surface area contributed by atoms with Crippen LogP contribution < -0.4 is 14.8 Å². The first-order valence-corrected chi connectivity index (χ1v) is 8.89. The number of aromatic nitrogens is 2. The number of nitrogens with zero attached hydrogens (tertiary/aromatic N) is 2. The highest BCUT2D eigenvalue weighted by atomic mass is 16.5. The van der Waals surface area contributed by atoms with E-state index in [9.17, 15) is 4.79 Å². The molecule has 0 atom stereocenters. The second-order valence-corrected chi connectivity index (χ2v) is 6.69. The maximum Gasteiger partial charge on any atom is 0.225 e. The topological polar surface area (TPSA) is 86.5 Å². The molecule has 1 aromatic heterocycles. The number of carbonyl (C=O) groups is 1. The molecule has 1 heterocycles. The predicted octanol–water partition coefficient (Wildman–Crippen LogP) is 2.91. The molecule has 0 spiro atoms. The Kier molecular flexibility index (Phi) is 5.44. The lowest BCUT2D eigenvalue weighted by molar-refractivity contribution is -0.123. The van der Waals surface area contributed by atoms with E-state index in [0.29, 0.717) is 23.2 Å². The van der Waals surface area contributed by atoms with Crippen molar-refractivity contribution in [1.29, 1.82) is 0 Å². The third kappa shape index (κ3) is 3.81. The largest absolute Gasteiger partial charge is 0.493 e. The Morgan fingerprint density at radius 2 is 1.92 bits per heavy atom. The minimum absolute atomic E-state index is 0.0680. The van der Waals surface area contributed by atoms with E-state index in [2.05, 4.69) is 15.5 Å². The van der Waals surface area contributed by atoms with Gasteiger partial charge in [0, 0.05) is 6.92 Å². The summed E-state index contributed by atoms with van der Waals surface area (Å²) in [6.07, 6.45) is 5.12. The van der Waals surface area contributed by atoms with Crippen molar-refractivity contribution in [3.63, 3.8) is 0 Å². The van der Waals surface area contributed by atoms with Gasteiger partial charge in [-0.3, -0.25) is 4.79 Å². The average molecular weight is 359 g/mol. The van der Waals surface area contributed by atoms with Crippen molar-refractivity contribution in [1.82, 2.24) is 15.5 Å².